The van der Waals surface area contributed by atoms with E-state index in [-0.39, 0.29) is 11.7 Å². The monoisotopic (exact) mass is 355 g/mol. The van der Waals surface area contributed by atoms with Gasteiger partial charge >= 0.3 is 0 Å². The van der Waals surface area contributed by atoms with Gasteiger partial charge in [-0.3, -0.25) is 4.79 Å². The molecular formula is C16H15Cl2NO2S. The Hall–Kier alpha value is -1.23. The van der Waals surface area contributed by atoms with Crippen molar-refractivity contribution < 1.29 is 9.90 Å². The fourth-order valence-corrected chi connectivity index (χ4v) is 4.27. The van der Waals surface area contributed by atoms with Crippen molar-refractivity contribution in [2.24, 2.45) is 0 Å². The van der Waals surface area contributed by atoms with Gasteiger partial charge in [0.15, 0.2) is 0 Å². The number of nitrogens with zero attached hydrogens (tertiary/aromatic N) is 1. The fraction of sp³-hybridized carbons (Fsp3) is 0.312. The standard InChI is InChI=1S/C16H15Cl2NO2S/c17-14-9-13(15(18)22-14)16(21)19-7-5-11(6-8-19)10-1-3-12(20)4-2-10/h1-4,9,11,20H,5-8H2. The van der Waals surface area contributed by atoms with Gasteiger partial charge in [-0.2, -0.15) is 0 Å². The van der Waals surface area contributed by atoms with E-state index < -0.39 is 0 Å². The number of hydrogen-bond acceptors (Lipinski definition) is 3. The van der Waals surface area contributed by atoms with E-state index in [4.69, 9.17) is 23.2 Å². The maximum atomic E-state index is 12.5. The number of amides is 1. The molecule has 3 rings (SSSR count). The second-order valence-corrected chi connectivity index (χ2v) is 7.68. The molecule has 3 nitrogen and oxygen atoms in total. The number of phenols is 1. The van der Waals surface area contributed by atoms with Crippen molar-refractivity contribution in [2.45, 2.75) is 18.8 Å². The molecule has 0 radical (unpaired) electrons. The van der Waals surface area contributed by atoms with Gasteiger partial charge in [-0.1, -0.05) is 35.3 Å². The van der Waals surface area contributed by atoms with E-state index in [0.717, 1.165) is 12.8 Å². The third-order valence-corrected chi connectivity index (χ3v) is 5.52. The van der Waals surface area contributed by atoms with Crippen LogP contribution in [0, 0.1) is 0 Å². The smallest absolute Gasteiger partial charge is 0.256 e. The lowest BCUT2D eigenvalue weighted by molar-refractivity contribution is 0.0713. The van der Waals surface area contributed by atoms with Crippen LogP contribution < -0.4 is 0 Å². The first-order valence-corrected chi connectivity index (χ1v) is 8.65. The predicted molar refractivity (Wildman–Crippen MR) is 90.3 cm³/mol. The highest BCUT2D eigenvalue weighted by atomic mass is 35.5. The Morgan fingerprint density at radius 2 is 1.82 bits per heavy atom. The van der Waals surface area contributed by atoms with E-state index >= 15 is 0 Å². The van der Waals surface area contributed by atoms with Gasteiger partial charge in [-0.25, -0.2) is 0 Å². The van der Waals surface area contributed by atoms with Crippen molar-refractivity contribution in [1.82, 2.24) is 4.90 Å². The summed E-state index contributed by atoms with van der Waals surface area (Å²) in [5.41, 5.74) is 1.71. The molecule has 1 aliphatic heterocycles. The second kappa shape index (κ2) is 6.49. The van der Waals surface area contributed by atoms with Crippen LogP contribution in [0.3, 0.4) is 0 Å². The number of piperidine rings is 1. The Balaban J connectivity index is 1.65. The average Bonchev–Trinajstić information content (AvgIpc) is 2.86. The van der Waals surface area contributed by atoms with Gasteiger partial charge in [0.25, 0.3) is 5.91 Å². The van der Waals surface area contributed by atoms with Crippen LogP contribution >= 0.6 is 34.5 Å². The van der Waals surface area contributed by atoms with Crippen molar-refractivity contribution in [3.63, 3.8) is 0 Å². The molecule has 0 bridgehead atoms. The lowest BCUT2D eigenvalue weighted by Crippen LogP contribution is -2.37. The highest BCUT2D eigenvalue weighted by Crippen LogP contribution is 2.34. The Kier molecular flexibility index (Phi) is 4.62. The Bertz CT molecular complexity index is 676. The van der Waals surface area contributed by atoms with Crippen molar-refractivity contribution in [2.75, 3.05) is 13.1 Å². The van der Waals surface area contributed by atoms with Crippen molar-refractivity contribution >= 4 is 40.4 Å². The molecule has 1 amide bonds. The van der Waals surface area contributed by atoms with Crippen LogP contribution in [0.15, 0.2) is 30.3 Å². The number of hydrogen-bond donors (Lipinski definition) is 1. The zero-order chi connectivity index (χ0) is 15.7. The molecule has 22 heavy (non-hydrogen) atoms. The van der Waals surface area contributed by atoms with Gasteiger partial charge < -0.3 is 10.0 Å². The lowest BCUT2D eigenvalue weighted by Gasteiger charge is -2.32. The SMILES string of the molecule is O=C(c1cc(Cl)sc1Cl)N1CCC(c2ccc(O)cc2)CC1. The van der Waals surface area contributed by atoms with Crippen LogP contribution in [0.5, 0.6) is 5.75 Å². The third-order valence-electron chi connectivity index (χ3n) is 4.03. The average molecular weight is 356 g/mol. The Labute approximate surface area is 143 Å². The number of aromatic hydroxyl groups is 1. The predicted octanol–water partition coefficient (Wildman–Crippen LogP) is 4.78. The Morgan fingerprint density at radius 3 is 2.36 bits per heavy atom. The largest absolute Gasteiger partial charge is 0.508 e. The van der Waals surface area contributed by atoms with Crippen LogP contribution in [0.2, 0.25) is 8.67 Å². The first-order chi connectivity index (χ1) is 10.5. The molecule has 116 valence electrons. The van der Waals surface area contributed by atoms with Gasteiger partial charge in [0.1, 0.15) is 10.1 Å². The maximum absolute atomic E-state index is 12.5. The number of carbonyl (C=O) groups excluding carboxylic acids is 1. The normalized spacial score (nSPS) is 16.0. The summed E-state index contributed by atoms with van der Waals surface area (Å²) in [6.07, 6.45) is 1.82. The second-order valence-electron chi connectivity index (χ2n) is 5.40. The topological polar surface area (TPSA) is 40.5 Å². The molecule has 6 heteroatoms. The first kappa shape index (κ1) is 15.7. The minimum atomic E-state index is -0.0442. The summed E-state index contributed by atoms with van der Waals surface area (Å²) >= 11 is 13.2. The summed E-state index contributed by atoms with van der Waals surface area (Å²) in [5, 5.41) is 9.35. The number of benzene rings is 1. The van der Waals surface area contributed by atoms with E-state index in [1.54, 1.807) is 18.2 Å². The molecule has 1 N–H and O–H groups in total. The molecule has 1 saturated heterocycles. The van der Waals surface area contributed by atoms with Crippen LogP contribution in [-0.2, 0) is 0 Å². The summed E-state index contributed by atoms with van der Waals surface area (Å²) in [4.78, 5) is 14.3. The molecule has 0 atom stereocenters. The van der Waals surface area contributed by atoms with E-state index in [9.17, 15) is 9.90 Å². The maximum Gasteiger partial charge on any atom is 0.256 e. The molecule has 2 heterocycles. The van der Waals surface area contributed by atoms with Gasteiger partial charge in [0.2, 0.25) is 0 Å². The lowest BCUT2D eigenvalue weighted by atomic mass is 9.89. The molecule has 0 spiro atoms. The number of rotatable bonds is 2. The zero-order valence-corrected chi connectivity index (χ0v) is 14.1. The van der Waals surface area contributed by atoms with Gasteiger partial charge in [-0.05, 0) is 42.5 Å². The number of carbonyl (C=O) groups is 1. The molecule has 1 aliphatic rings. The first-order valence-electron chi connectivity index (χ1n) is 7.07. The minimum absolute atomic E-state index is 0.0442. The molecule has 1 fully saturated rings. The molecule has 0 unspecified atom stereocenters. The van der Waals surface area contributed by atoms with Crippen LogP contribution in [0.25, 0.3) is 0 Å². The zero-order valence-electron chi connectivity index (χ0n) is 11.8. The highest BCUT2D eigenvalue weighted by molar-refractivity contribution is 7.20. The molecule has 1 aromatic heterocycles. The summed E-state index contributed by atoms with van der Waals surface area (Å²) in [7, 11) is 0. The van der Waals surface area contributed by atoms with Crippen molar-refractivity contribution in [3.05, 3.63) is 50.1 Å². The quantitative estimate of drug-likeness (QED) is 0.841. The van der Waals surface area contributed by atoms with Crippen LogP contribution in [0.1, 0.15) is 34.7 Å². The van der Waals surface area contributed by atoms with Crippen LogP contribution in [0.4, 0.5) is 0 Å². The van der Waals surface area contributed by atoms with Gasteiger partial charge in [0.05, 0.1) is 9.90 Å². The van der Waals surface area contributed by atoms with Gasteiger partial charge in [0, 0.05) is 13.1 Å². The van der Waals surface area contributed by atoms with Crippen LogP contribution in [-0.4, -0.2) is 29.0 Å². The number of halogens is 2. The highest BCUT2D eigenvalue weighted by Gasteiger charge is 2.26. The molecular weight excluding hydrogens is 341 g/mol. The van der Waals surface area contributed by atoms with E-state index in [0.29, 0.717) is 33.2 Å². The number of thiophene rings is 1. The van der Waals surface area contributed by atoms with Gasteiger partial charge in [-0.15, -0.1) is 11.3 Å². The number of likely N-dealkylation sites (tertiary alicyclic amines) is 1. The summed E-state index contributed by atoms with van der Waals surface area (Å²) in [6.45, 7) is 1.41. The van der Waals surface area contributed by atoms with E-state index in [1.807, 2.05) is 17.0 Å². The Morgan fingerprint density at radius 1 is 1.18 bits per heavy atom. The van der Waals surface area contributed by atoms with E-state index in [1.165, 1.54) is 16.9 Å². The third kappa shape index (κ3) is 3.24. The summed E-state index contributed by atoms with van der Waals surface area (Å²) < 4.78 is 0.989. The number of phenolic OH excluding ortho intramolecular Hbond substituents is 1. The molecule has 0 saturated carbocycles. The van der Waals surface area contributed by atoms with Crippen molar-refractivity contribution in [3.8, 4) is 5.75 Å². The van der Waals surface area contributed by atoms with E-state index in [2.05, 4.69) is 0 Å². The van der Waals surface area contributed by atoms with Crippen molar-refractivity contribution in [1.29, 1.82) is 0 Å². The molecule has 2 aromatic rings. The fourth-order valence-electron chi connectivity index (χ4n) is 2.82. The molecule has 0 aliphatic carbocycles. The minimum Gasteiger partial charge on any atom is -0.508 e. The molecule has 1 aromatic carbocycles. The summed E-state index contributed by atoms with van der Waals surface area (Å²) in [5.74, 6) is 0.656. The summed E-state index contributed by atoms with van der Waals surface area (Å²) in [6, 6.07) is 8.96.